The minimum atomic E-state index is -0.614. The van der Waals surface area contributed by atoms with Gasteiger partial charge in [-0.2, -0.15) is 0 Å². The standard InChI is InChI=1S/C17H23N3O2/c1-12(2)13-6-8-15(9-7-13)20-11-14(18-19-20)10-17(3,4)16(21)22-5/h6-9,11-12H,10H2,1-5H3. The topological polar surface area (TPSA) is 57.0 Å². The fourth-order valence-electron chi connectivity index (χ4n) is 2.32. The minimum Gasteiger partial charge on any atom is -0.469 e. The number of aromatic nitrogens is 3. The molecule has 0 bridgehead atoms. The lowest BCUT2D eigenvalue weighted by atomic mass is 9.88. The molecule has 1 heterocycles. The predicted molar refractivity (Wildman–Crippen MR) is 84.9 cm³/mol. The summed E-state index contributed by atoms with van der Waals surface area (Å²) in [5.41, 5.74) is 2.40. The van der Waals surface area contributed by atoms with E-state index in [9.17, 15) is 4.79 Å². The average molecular weight is 301 g/mol. The van der Waals surface area contributed by atoms with Crippen molar-refractivity contribution < 1.29 is 9.53 Å². The van der Waals surface area contributed by atoms with Crippen molar-refractivity contribution in [1.82, 2.24) is 15.0 Å². The number of hydrogen-bond acceptors (Lipinski definition) is 4. The maximum atomic E-state index is 11.7. The lowest BCUT2D eigenvalue weighted by molar-refractivity contribution is -0.150. The molecule has 0 N–H and O–H groups in total. The van der Waals surface area contributed by atoms with Crippen LogP contribution in [0.4, 0.5) is 0 Å². The minimum absolute atomic E-state index is 0.247. The van der Waals surface area contributed by atoms with E-state index < -0.39 is 5.41 Å². The maximum Gasteiger partial charge on any atom is 0.311 e. The number of rotatable bonds is 5. The van der Waals surface area contributed by atoms with E-state index in [1.807, 2.05) is 32.2 Å². The molecular formula is C17H23N3O2. The van der Waals surface area contributed by atoms with Gasteiger partial charge in [0.25, 0.3) is 0 Å². The first kappa shape index (κ1) is 16.2. The van der Waals surface area contributed by atoms with Crippen molar-refractivity contribution in [2.45, 2.75) is 40.0 Å². The number of benzene rings is 1. The van der Waals surface area contributed by atoms with E-state index in [2.05, 4.69) is 36.3 Å². The SMILES string of the molecule is COC(=O)C(C)(C)Cc1cn(-c2ccc(C(C)C)cc2)nn1. The Kier molecular flexibility index (Phi) is 4.64. The summed E-state index contributed by atoms with van der Waals surface area (Å²) < 4.78 is 6.55. The van der Waals surface area contributed by atoms with Crippen molar-refractivity contribution in [2.75, 3.05) is 7.11 Å². The number of carbonyl (C=O) groups excluding carboxylic acids is 1. The third kappa shape index (κ3) is 3.53. The third-order valence-electron chi connectivity index (χ3n) is 3.73. The number of ether oxygens (including phenoxy) is 1. The van der Waals surface area contributed by atoms with Crippen molar-refractivity contribution >= 4 is 5.97 Å². The second-order valence-corrected chi connectivity index (χ2v) is 6.45. The molecule has 0 unspecified atom stereocenters. The highest BCUT2D eigenvalue weighted by Crippen LogP contribution is 2.23. The van der Waals surface area contributed by atoms with Gasteiger partial charge in [0.15, 0.2) is 0 Å². The molecule has 5 nitrogen and oxygen atoms in total. The lowest BCUT2D eigenvalue weighted by Gasteiger charge is -2.19. The molecule has 2 rings (SSSR count). The van der Waals surface area contributed by atoms with Crippen LogP contribution in [-0.2, 0) is 16.0 Å². The zero-order chi connectivity index (χ0) is 16.3. The van der Waals surface area contributed by atoms with Gasteiger partial charge in [-0.15, -0.1) is 5.10 Å². The van der Waals surface area contributed by atoms with Crippen LogP contribution in [0, 0.1) is 5.41 Å². The Morgan fingerprint density at radius 2 is 1.91 bits per heavy atom. The van der Waals surface area contributed by atoms with Gasteiger partial charge in [-0.05, 0) is 37.5 Å². The molecule has 0 saturated carbocycles. The number of hydrogen-bond donors (Lipinski definition) is 0. The van der Waals surface area contributed by atoms with E-state index >= 15 is 0 Å². The molecule has 1 aromatic carbocycles. The molecule has 0 amide bonds. The third-order valence-corrected chi connectivity index (χ3v) is 3.73. The molecule has 0 fully saturated rings. The molecule has 0 aliphatic heterocycles. The molecule has 5 heteroatoms. The van der Waals surface area contributed by atoms with E-state index in [-0.39, 0.29) is 5.97 Å². The Labute approximate surface area is 131 Å². The number of nitrogens with zero attached hydrogens (tertiary/aromatic N) is 3. The van der Waals surface area contributed by atoms with Gasteiger partial charge in [-0.3, -0.25) is 4.79 Å². The Morgan fingerprint density at radius 1 is 1.27 bits per heavy atom. The Balaban J connectivity index is 2.16. The molecule has 0 radical (unpaired) electrons. The largest absolute Gasteiger partial charge is 0.469 e. The van der Waals surface area contributed by atoms with Crippen molar-refractivity contribution in [3.05, 3.63) is 41.7 Å². The van der Waals surface area contributed by atoms with Gasteiger partial charge in [0, 0.05) is 6.42 Å². The number of carbonyl (C=O) groups is 1. The number of methoxy groups -OCH3 is 1. The summed E-state index contributed by atoms with van der Waals surface area (Å²) in [6.45, 7) is 8.01. The molecule has 0 atom stereocenters. The van der Waals surface area contributed by atoms with Crippen LogP contribution in [0.5, 0.6) is 0 Å². The molecular weight excluding hydrogens is 278 g/mol. The van der Waals surface area contributed by atoms with Crippen LogP contribution in [0.1, 0.15) is 44.9 Å². The van der Waals surface area contributed by atoms with Crippen LogP contribution in [-0.4, -0.2) is 28.1 Å². The predicted octanol–water partition coefficient (Wildman–Crippen LogP) is 3.13. The van der Waals surface area contributed by atoms with Gasteiger partial charge in [0.1, 0.15) is 0 Å². The van der Waals surface area contributed by atoms with E-state index in [0.717, 1.165) is 11.4 Å². The van der Waals surface area contributed by atoms with Gasteiger partial charge in [0.2, 0.25) is 0 Å². The van der Waals surface area contributed by atoms with Crippen LogP contribution < -0.4 is 0 Å². The van der Waals surface area contributed by atoms with Crippen molar-refractivity contribution in [3.8, 4) is 5.69 Å². The van der Waals surface area contributed by atoms with Gasteiger partial charge < -0.3 is 4.74 Å². The Bertz CT molecular complexity index is 642. The van der Waals surface area contributed by atoms with Crippen LogP contribution in [0.2, 0.25) is 0 Å². The fourth-order valence-corrected chi connectivity index (χ4v) is 2.32. The van der Waals surface area contributed by atoms with Crippen LogP contribution in [0.15, 0.2) is 30.5 Å². The summed E-state index contributed by atoms with van der Waals surface area (Å²) in [5.74, 6) is 0.254. The average Bonchev–Trinajstić information content (AvgIpc) is 2.94. The highest BCUT2D eigenvalue weighted by atomic mass is 16.5. The molecule has 118 valence electrons. The zero-order valence-electron chi connectivity index (χ0n) is 13.8. The first-order chi connectivity index (χ1) is 10.3. The summed E-state index contributed by atoms with van der Waals surface area (Å²) in [6, 6.07) is 8.25. The van der Waals surface area contributed by atoms with E-state index in [0.29, 0.717) is 12.3 Å². The van der Waals surface area contributed by atoms with E-state index in [1.165, 1.54) is 12.7 Å². The van der Waals surface area contributed by atoms with Crippen LogP contribution >= 0.6 is 0 Å². The zero-order valence-corrected chi connectivity index (χ0v) is 13.8. The normalized spacial score (nSPS) is 11.7. The first-order valence-corrected chi connectivity index (χ1v) is 7.43. The molecule has 0 aliphatic rings. The summed E-state index contributed by atoms with van der Waals surface area (Å²) in [6.07, 6.45) is 2.35. The smallest absolute Gasteiger partial charge is 0.311 e. The van der Waals surface area contributed by atoms with Crippen LogP contribution in [0.25, 0.3) is 5.69 Å². The number of esters is 1. The summed E-state index contributed by atoms with van der Waals surface area (Å²) in [5, 5.41) is 8.30. The Hall–Kier alpha value is -2.17. The Morgan fingerprint density at radius 3 is 2.45 bits per heavy atom. The summed E-state index contributed by atoms with van der Waals surface area (Å²) >= 11 is 0. The second-order valence-electron chi connectivity index (χ2n) is 6.45. The molecule has 0 saturated heterocycles. The molecule has 1 aromatic heterocycles. The van der Waals surface area contributed by atoms with Gasteiger partial charge >= 0.3 is 5.97 Å². The summed E-state index contributed by atoms with van der Waals surface area (Å²) in [4.78, 5) is 11.7. The maximum absolute atomic E-state index is 11.7. The van der Waals surface area contributed by atoms with Crippen molar-refractivity contribution in [1.29, 1.82) is 0 Å². The summed E-state index contributed by atoms with van der Waals surface area (Å²) in [7, 11) is 1.40. The van der Waals surface area contributed by atoms with Crippen molar-refractivity contribution in [2.24, 2.45) is 5.41 Å². The fraction of sp³-hybridized carbons (Fsp3) is 0.471. The van der Waals surface area contributed by atoms with E-state index in [1.54, 1.807) is 4.68 Å². The highest BCUT2D eigenvalue weighted by Gasteiger charge is 2.30. The lowest BCUT2D eigenvalue weighted by Crippen LogP contribution is -2.28. The molecule has 2 aromatic rings. The first-order valence-electron chi connectivity index (χ1n) is 7.43. The second kappa shape index (κ2) is 6.30. The highest BCUT2D eigenvalue weighted by molar-refractivity contribution is 5.76. The molecule has 22 heavy (non-hydrogen) atoms. The molecule has 0 aliphatic carbocycles. The quantitative estimate of drug-likeness (QED) is 0.796. The van der Waals surface area contributed by atoms with Gasteiger partial charge in [-0.1, -0.05) is 31.2 Å². The molecule has 0 spiro atoms. The van der Waals surface area contributed by atoms with Gasteiger partial charge in [-0.25, -0.2) is 4.68 Å². The van der Waals surface area contributed by atoms with Gasteiger partial charge in [0.05, 0.1) is 30.1 Å². The van der Waals surface area contributed by atoms with E-state index in [4.69, 9.17) is 4.74 Å². The van der Waals surface area contributed by atoms with Crippen molar-refractivity contribution in [3.63, 3.8) is 0 Å². The monoisotopic (exact) mass is 301 g/mol. The van der Waals surface area contributed by atoms with Crippen LogP contribution in [0.3, 0.4) is 0 Å².